The predicted molar refractivity (Wildman–Crippen MR) is 89.2 cm³/mol. The summed E-state index contributed by atoms with van der Waals surface area (Å²) in [6.07, 6.45) is 4.22. The number of pyridine rings is 1. The highest BCUT2D eigenvalue weighted by Gasteiger charge is 2.60. The van der Waals surface area contributed by atoms with Crippen LogP contribution in [0.2, 0.25) is 0 Å². The standard InChI is InChI=1S/C15H17BrCl2N2O/c1-15(2)11(7-12(17)18)13(15)14(21)19-6-5-10-4-3-9(16)8-20-10/h3-4,7-8,11,13H,5-6H2,1-2H3,(H,19,21). The Labute approximate surface area is 143 Å². The molecule has 2 atom stereocenters. The van der Waals surface area contributed by atoms with Crippen LogP contribution in [0.1, 0.15) is 19.5 Å². The molecule has 3 nitrogen and oxygen atoms in total. The molecule has 21 heavy (non-hydrogen) atoms. The summed E-state index contributed by atoms with van der Waals surface area (Å²) >= 11 is 14.7. The van der Waals surface area contributed by atoms with Gasteiger partial charge in [0.25, 0.3) is 0 Å². The van der Waals surface area contributed by atoms with Crippen molar-refractivity contribution in [1.29, 1.82) is 0 Å². The third-order valence-corrected chi connectivity index (χ3v) is 4.69. The van der Waals surface area contributed by atoms with E-state index >= 15 is 0 Å². The number of nitrogens with one attached hydrogen (secondary N) is 1. The highest BCUT2D eigenvalue weighted by atomic mass is 79.9. The lowest BCUT2D eigenvalue weighted by atomic mass is 10.1. The smallest absolute Gasteiger partial charge is 0.224 e. The molecule has 0 bridgehead atoms. The van der Waals surface area contributed by atoms with Crippen LogP contribution in [0.25, 0.3) is 0 Å². The minimum atomic E-state index is -0.0883. The molecular weight excluding hydrogens is 375 g/mol. The van der Waals surface area contributed by atoms with Crippen LogP contribution in [0, 0.1) is 17.3 Å². The second-order valence-electron chi connectivity index (χ2n) is 5.79. The van der Waals surface area contributed by atoms with Gasteiger partial charge in [-0.2, -0.15) is 0 Å². The number of aromatic nitrogens is 1. The number of nitrogens with zero attached hydrogens (tertiary/aromatic N) is 1. The number of halogens is 3. The predicted octanol–water partition coefficient (Wildman–Crippen LogP) is 4.09. The largest absolute Gasteiger partial charge is 0.355 e. The molecule has 1 saturated carbocycles. The van der Waals surface area contributed by atoms with Crippen LogP contribution >= 0.6 is 39.1 Å². The van der Waals surface area contributed by atoms with Crippen molar-refractivity contribution < 1.29 is 4.79 Å². The van der Waals surface area contributed by atoms with E-state index in [-0.39, 0.29) is 27.6 Å². The first-order valence-corrected chi connectivity index (χ1v) is 8.28. The molecule has 2 unspecified atom stereocenters. The van der Waals surface area contributed by atoms with Crippen LogP contribution in [-0.4, -0.2) is 17.4 Å². The Balaban J connectivity index is 1.83. The van der Waals surface area contributed by atoms with Gasteiger partial charge in [0.15, 0.2) is 0 Å². The van der Waals surface area contributed by atoms with Crippen molar-refractivity contribution in [3.63, 3.8) is 0 Å². The maximum absolute atomic E-state index is 12.2. The van der Waals surface area contributed by atoms with Crippen LogP contribution in [0.3, 0.4) is 0 Å². The number of hydrogen-bond donors (Lipinski definition) is 1. The van der Waals surface area contributed by atoms with Gasteiger partial charge in [-0.25, -0.2) is 0 Å². The average molecular weight is 392 g/mol. The molecule has 0 aromatic carbocycles. The van der Waals surface area contributed by atoms with Crippen LogP contribution in [0.4, 0.5) is 0 Å². The van der Waals surface area contributed by atoms with E-state index < -0.39 is 0 Å². The molecular formula is C15H17BrCl2N2O. The van der Waals surface area contributed by atoms with Gasteiger partial charge in [-0.1, -0.05) is 37.0 Å². The zero-order chi connectivity index (χ0) is 15.6. The van der Waals surface area contributed by atoms with E-state index in [1.807, 2.05) is 26.0 Å². The van der Waals surface area contributed by atoms with Crippen molar-refractivity contribution >= 4 is 45.0 Å². The van der Waals surface area contributed by atoms with E-state index in [1.54, 1.807) is 12.3 Å². The molecule has 2 rings (SSSR count). The fourth-order valence-electron chi connectivity index (χ4n) is 2.60. The van der Waals surface area contributed by atoms with E-state index in [4.69, 9.17) is 23.2 Å². The van der Waals surface area contributed by atoms with Crippen LogP contribution in [0.5, 0.6) is 0 Å². The maximum atomic E-state index is 12.2. The fourth-order valence-corrected chi connectivity index (χ4v) is 3.11. The lowest BCUT2D eigenvalue weighted by molar-refractivity contribution is -0.123. The highest BCUT2D eigenvalue weighted by Crippen LogP contribution is 2.59. The van der Waals surface area contributed by atoms with Crippen LogP contribution in [0.15, 0.2) is 33.4 Å². The lowest BCUT2D eigenvalue weighted by Crippen LogP contribution is -2.29. The Morgan fingerprint density at radius 3 is 2.76 bits per heavy atom. The summed E-state index contributed by atoms with van der Waals surface area (Å²) < 4.78 is 1.17. The van der Waals surface area contributed by atoms with Gasteiger partial charge < -0.3 is 5.32 Å². The minimum absolute atomic E-state index is 0.0490. The molecule has 114 valence electrons. The summed E-state index contributed by atoms with van der Waals surface area (Å²) in [6, 6.07) is 3.88. The highest BCUT2D eigenvalue weighted by molar-refractivity contribution is 9.10. The van der Waals surface area contributed by atoms with Crippen molar-refractivity contribution in [2.24, 2.45) is 17.3 Å². The molecule has 1 aromatic heterocycles. The van der Waals surface area contributed by atoms with Gasteiger partial charge in [0.05, 0.1) is 5.92 Å². The molecule has 1 fully saturated rings. The number of carbonyl (C=O) groups is 1. The van der Waals surface area contributed by atoms with E-state index in [1.165, 1.54) is 0 Å². The van der Waals surface area contributed by atoms with Crippen LogP contribution < -0.4 is 5.32 Å². The Kier molecular flexibility index (Phi) is 5.33. The molecule has 0 saturated heterocycles. The Hall–Kier alpha value is -0.580. The quantitative estimate of drug-likeness (QED) is 0.820. The Morgan fingerprint density at radius 1 is 1.48 bits per heavy atom. The third-order valence-electron chi connectivity index (χ3n) is 3.97. The Bertz CT molecular complexity index is 553. The number of allylic oxidation sites excluding steroid dienone is 1. The Morgan fingerprint density at radius 2 is 2.19 bits per heavy atom. The van der Waals surface area contributed by atoms with Crippen LogP contribution in [-0.2, 0) is 11.2 Å². The molecule has 6 heteroatoms. The number of hydrogen-bond acceptors (Lipinski definition) is 2. The van der Waals surface area contributed by atoms with E-state index in [2.05, 4.69) is 26.2 Å². The monoisotopic (exact) mass is 390 g/mol. The molecule has 1 aliphatic rings. The fraction of sp³-hybridized carbons (Fsp3) is 0.467. The van der Waals surface area contributed by atoms with Crippen molar-refractivity contribution in [3.8, 4) is 0 Å². The second-order valence-corrected chi connectivity index (χ2v) is 7.71. The zero-order valence-corrected chi connectivity index (χ0v) is 15.0. The number of rotatable bonds is 5. The SMILES string of the molecule is CC1(C)C(C=C(Cl)Cl)C1C(=O)NCCc1ccc(Br)cn1. The molecule has 0 spiro atoms. The summed E-state index contributed by atoms with van der Waals surface area (Å²) in [4.78, 5) is 16.5. The minimum Gasteiger partial charge on any atom is -0.355 e. The van der Waals surface area contributed by atoms with Crippen molar-refractivity contribution in [1.82, 2.24) is 10.3 Å². The maximum Gasteiger partial charge on any atom is 0.224 e. The molecule has 1 aliphatic carbocycles. The first kappa shape index (κ1) is 16.8. The number of carbonyl (C=O) groups excluding carboxylic acids is 1. The van der Waals surface area contributed by atoms with Gasteiger partial charge in [0.2, 0.25) is 5.91 Å². The normalized spacial score (nSPS) is 22.5. The van der Waals surface area contributed by atoms with E-state index in [9.17, 15) is 4.79 Å². The second kappa shape index (κ2) is 6.67. The summed E-state index contributed by atoms with van der Waals surface area (Å²) in [5, 5.41) is 2.96. The zero-order valence-electron chi connectivity index (χ0n) is 11.9. The van der Waals surface area contributed by atoms with Gasteiger partial charge in [-0.05, 0) is 45.5 Å². The molecule has 1 heterocycles. The summed E-state index contributed by atoms with van der Waals surface area (Å²) in [7, 11) is 0. The first-order chi connectivity index (χ1) is 9.82. The van der Waals surface area contributed by atoms with Gasteiger partial charge in [0.1, 0.15) is 4.49 Å². The van der Waals surface area contributed by atoms with Crippen molar-refractivity contribution in [2.75, 3.05) is 6.54 Å². The van der Waals surface area contributed by atoms with Crippen molar-refractivity contribution in [2.45, 2.75) is 20.3 Å². The van der Waals surface area contributed by atoms with Crippen molar-refractivity contribution in [3.05, 3.63) is 39.1 Å². The molecule has 1 N–H and O–H groups in total. The summed E-state index contributed by atoms with van der Waals surface area (Å²) in [5.74, 6) is 0.0872. The molecule has 1 amide bonds. The molecule has 0 radical (unpaired) electrons. The van der Waals surface area contributed by atoms with Gasteiger partial charge >= 0.3 is 0 Å². The summed E-state index contributed by atoms with van der Waals surface area (Å²) in [5.41, 5.74) is 0.864. The average Bonchev–Trinajstić information content (AvgIpc) is 2.92. The van der Waals surface area contributed by atoms with E-state index in [0.717, 1.165) is 10.2 Å². The lowest BCUT2D eigenvalue weighted by Gasteiger charge is -2.06. The van der Waals surface area contributed by atoms with E-state index in [0.29, 0.717) is 13.0 Å². The summed E-state index contributed by atoms with van der Waals surface area (Å²) in [6.45, 7) is 4.67. The topological polar surface area (TPSA) is 42.0 Å². The molecule has 0 aliphatic heterocycles. The van der Waals surface area contributed by atoms with Gasteiger partial charge in [-0.3, -0.25) is 9.78 Å². The van der Waals surface area contributed by atoms with Gasteiger partial charge in [-0.15, -0.1) is 0 Å². The van der Waals surface area contributed by atoms with Gasteiger partial charge in [0, 0.05) is 29.3 Å². The molecule has 1 aromatic rings. The number of amides is 1. The first-order valence-electron chi connectivity index (χ1n) is 6.73. The third kappa shape index (κ3) is 4.21.